The van der Waals surface area contributed by atoms with Crippen molar-refractivity contribution in [2.24, 2.45) is 5.92 Å². The van der Waals surface area contributed by atoms with Crippen molar-refractivity contribution in [2.45, 2.75) is 44.8 Å². The highest BCUT2D eigenvalue weighted by molar-refractivity contribution is 5.92. The molecule has 2 aromatic rings. The second kappa shape index (κ2) is 14.0. The molecule has 11 heteroatoms. The molecule has 1 N–H and O–H groups in total. The quantitative estimate of drug-likeness (QED) is 0.550. The summed E-state index contributed by atoms with van der Waals surface area (Å²) in [6.45, 7) is 6.19. The Morgan fingerprint density at radius 3 is 2.64 bits per heavy atom. The maximum absolute atomic E-state index is 13.9. The van der Waals surface area contributed by atoms with Gasteiger partial charge in [-0.05, 0) is 48.9 Å². The van der Waals surface area contributed by atoms with Crippen LogP contribution in [0, 0.1) is 5.92 Å². The van der Waals surface area contributed by atoms with E-state index in [-0.39, 0.29) is 42.1 Å². The number of hydrogen-bond acceptors (Lipinski definition) is 8. The average molecular weight is 580 g/mol. The summed E-state index contributed by atoms with van der Waals surface area (Å²) >= 11 is 0. The molecule has 226 valence electrons. The molecule has 0 aliphatic carbocycles. The van der Waals surface area contributed by atoms with E-state index in [2.05, 4.69) is 15.2 Å². The third-order valence-corrected chi connectivity index (χ3v) is 8.33. The van der Waals surface area contributed by atoms with Crippen LogP contribution in [0.1, 0.15) is 42.2 Å². The number of pyridine rings is 1. The lowest BCUT2D eigenvalue weighted by atomic mass is 9.95. The highest BCUT2D eigenvalue weighted by atomic mass is 16.5. The van der Waals surface area contributed by atoms with E-state index < -0.39 is 0 Å². The summed E-state index contributed by atoms with van der Waals surface area (Å²) in [5, 5.41) is 3.11. The van der Waals surface area contributed by atoms with E-state index in [0.29, 0.717) is 70.7 Å². The Hall–Kier alpha value is -3.70. The van der Waals surface area contributed by atoms with Crippen molar-refractivity contribution in [2.75, 3.05) is 59.7 Å². The number of likely N-dealkylation sites (tertiary alicyclic amines) is 1. The van der Waals surface area contributed by atoms with E-state index in [0.717, 1.165) is 24.2 Å². The Bertz CT molecular complexity index is 1250. The molecule has 0 saturated carbocycles. The van der Waals surface area contributed by atoms with Crippen molar-refractivity contribution < 1.29 is 28.6 Å². The number of carbonyl (C=O) groups excluding carboxylic acids is 3. The molecule has 4 aliphatic rings. The molecule has 2 saturated heterocycles. The van der Waals surface area contributed by atoms with Crippen LogP contribution >= 0.6 is 0 Å². The molecule has 2 atom stereocenters. The molecule has 0 radical (unpaired) electrons. The van der Waals surface area contributed by atoms with Crippen LogP contribution in [0.4, 0.5) is 0 Å². The number of ether oxygens (including phenoxy) is 3. The summed E-state index contributed by atoms with van der Waals surface area (Å²) in [6.07, 6.45) is 2.20. The predicted octanol–water partition coefficient (Wildman–Crippen LogP) is 1.96. The molecular weight excluding hydrogens is 538 g/mol. The first-order chi connectivity index (χ1) is 20.4. The Labute approximate surface area is 247 Å². The van der Waals surface area contributed by atoms with Crippen molar-refractivity contribution >= 4 is 17.7 Å². The molecule has 1 aromatic heterocycles. The van der Waals surface area contributed by atoms with Crippen LogP contribution in [0.5, 0.6) is 11.6 Å². The largest absolute Gasteiger partial charge is 0.497 e. The molecule has 2 fully saturated rings. The Kier molecular flexibility index (Phi) is 9.91. The number of amides is 3. The summed E-state index contributed by atoms with van der Waals surface area (Å²) in [5.74, 6) is 1.24. The van der Waals surface area contributed by atoms with Crippen LogP contribution in [-0.2, 0) is 20.9 Å². The zero-order valence-corrected chi connectivity index (χ0v) is 24.5. The lowest BCUT2D eigenvalue weighted by Crippen LogP contribution is -2.49. The molecule has 5 heterocycles. The molecular formula is C31H41N5O6. The van der Waals surface area contributed by atoms with Gasteiger partial charge in [-0.15, -0.1) is 0 Å². The van der Waals surface area contributed by atoms with Gasteiger partial charge in [0.25, 0.3) is 5.91 Å². The fourth-order valence-corrected chi connectivity index (χ4v) is 6.04. The Morgan fingerprint density at radius 1 is 1.05 bits per heavy atom. The van der Waals surface area contributed by atoms with Crippen LogP contribution in [0.2, 0.25) is 0 Å². The average Bonchev–Trinajstić information content (AvgIpc) is 3.39. The zero-order chi connectivity index (χ0) is 29.5. The lowest BCUT2D eigenvalue weighted by Gasteiger charge is -2.37. The van der Waals surface area contributed by atoms with E-state index in [4.69, 9.17) is 14.2 Å². The molecule has 0 unspecified atom stereocenters. The molecule has 42 heavy (non-hydrogen) atoms. The number of carbonyl (C=O) groups is 3. The number of fused-ring (bicyclic) bond motifs is 10. The molecule has 11 nitrogen and oxygen atoms in total. The van der Waals surface area contributed by atoms with Gasteiger partial charge in [0.05, 0.1) is 26.4 Å². The highest BCUT2D eigenvalue weighted by Crippen LogP contribution is 2.27. The van der Waals surface area contributed by atoms with E-state index in [9.17, 15) is 14.4 Å². The second-order valence-electron chi connectivity index (χ2n) is 11.3. The van der Waals surface area contributed by atoms with E-state index >= 15 is 0 Å². The van der Waals surface area contributed by atoms with Gasteiger partial charge < -0.3 is 29.3 Å². The van der Waals surface area contributed by atoms with Crippen molar-refractivity contribution in [1.29, 1.82) is 0 Å². The van der Waals surface area contributed by atoms with Gasteiger partial charge in [0.1, 0.15) is 18.1 Å². The van der Waals surface area contributed by atoms with Gasteiger partial charge >= 0.3 is 0 Å². The Balaban J connectivity index is 1.36. The smallest absolute Gasteiger partial charge is 0.270 e. The van der Waals surface area contributed by atoms with Gasteiger partial charge in [-0.3, -0.25) is 19.3 Å². The van der Waals surface area contributed by atoms with E-state index in [1.165, 1.54) is 0 Å². The fourth-order valence-electron chi connectivity index (χ4n) is 6.04. The molecule has 6 rings (SSSR count). The molecule has 3 amide bonds. The van der Waals surface area contributed by atoms with Crippen LogP contribution in [-0.4, -0.2) is 109 Å². The second-order valence-corrected chi connectivity index (χ2v) is 11.3. The number of nitrogens with one attached hydrogen (secondary N) is 1. The number of methoxy groups -OCH3 is 1. The minimum atomic E-state index is -0.361. The zero-order valence-electron chi connectivity index (χ0n) is 24.5. The van der Waals surface area contributed by atoms with E-state index in [1.807, 2.05) is 34.1 Å². The topological polar surface area (TPSA) is 114 Å². The monoisotopic (exact) mass is 579 g/mol. The van der Waals surface area contributed by atoms with Crippen molar-refractivity contribution in [3.8, 4) is 11.6 Å². The van der Waals surface area contributed by atoms with Gasteiger partial charge in [0.15, 0.2) is 0 Å². The predicted molar refractivity (Wildman–Crippen MR) is 155 cm³/mol. The van der Waals surface area contributed by atoms with Gasteiger partial charge in [-0.2, -0.15) is 0 Å². The van der Waals surface area contributed by atoms with Crippen LogP contribution in [0.25, 0.3) is 0 Å². The highest BCUT2D eigenvalue weighted by Gasteiger charge is 2.40. The van der Waals surface area contributed by atoms with Crippen LogP contribution < -0.4 is 14.8 Å². The van der Waals surface area contributed by atoms with Crippen LogP contribution in [0.3, 0.4) is 0 Å². The summed E-state index contributed by atoms with van der Waals surface area (Å²) in [5.41, 5.74) is 1.30. The first-order valence-corrected chi connectivity index (χ1v) is 14.8. The van der Waals surface area contributed by atoms with Gasteiger partial charge in [-0.1, -0.05) is 18.2 Å². The van der Waals surface area contributed by atoms with Gasteiger partial charge in [0, 0.05) is 58.3 Å². The van der Waals surface area contributed by atoms with Crippen molar-refractivity contribution in [3.63, 3.8) is 0 Å². The number of benzene rings is 1. The summed E-state index contributed by atoms with van der Waals surface area (Å²) in [4.78, 5) is 49.8. The lowest BCUT2D eigenvalue weighted by molar-refractivity contribution is -0.138. The summed E-state index contributed by atoms with van der Waals surface area (Å²) < 4.78 is 16.8. The minimum Gasteiger partial charge on any atom is -0.497 e. The molecule has 0 spiro atoms. The minimum absolute atomic E-state index is 0.0233. The van der Waals surface area contributed by atoms with Gasteiger partial charge in [0.2, 0.25) is 17.7 Å². The first-order valence-electron chi connectivity index (χ1n) is 14.8. The first kappa shape index (κ1) is 29.8. The normalized spacial score (nSPS) is 24.5. The maximum Gasteiger partial charge on any atom is 0.270 e. The third kappa shape index (κ3) is 7.57. The molecule has 1 aromatic carbocycles. The maximum atomic E-state index is 13.9. The third-order valence-electron chi connectivity index (χ3n) is 8.33. The summed E-state index contributed by atoms with van der Waals surface area (Å²) in [7, 11) is 1.64. The van der Waals surface area contributed by atoms with E-state index in [1.54, 1.807) is 32.2 Å². The fraction of sp³-hybridized carbons (Fsp3) is 0.548. The number of nitrogens with zero attached hydrogens (tertiary/aromatic N) is 4. The molecule has 6 bridgehead atoms. The SMILES string of the molecule is COc1cccc(CN2C[C@H]3C[C@H]2C(=O)N2CCC(CC2)CN(C(C)=O)CCOCCOc2cccc(n2)C(=O)N3)c1. The number of piperidine rings is 1. The van der Waals surface area contributed by atoms with Gasteiger partial charge in [-0.25, -0.2) is 4.98 Å². The van der Waals surface area contributed by atoms with Crippen molar-refractivity contribution in [1.82, 2.24) is 25.0 Å². The van der Waals surface area contributed by atoms with Crippen molar-refractivity contribution in [3.05, 3.63) is 53.7 Å². The number of aromatic nitrogens is 1. The summed E-state index contributed by atoms with van der Waals surface area (Å²) in [6, 6.07) is 12.4. The molecule has 4 aliphatic heterocycles. The standard InChI is InChI=1S/C31H41N5O6/c1-22(37)35-13-14-41-15-16-42-29-8-4-7-27(33-29)30(38)32-25-18-28(31(39)34-11-9-23(19-35)10-12-34)36(21-25)20-24-5-3-6-26(17-24)40-2/h3-8,17,23,25,28H,9-16,18-21H2,1-2H3,(H,32,38)/t25-,28+/m1/s1. The number of hydrogen-bond donors (Lipinski definition) is 1. The number of rotatable bonds is 3. The van der Waals surface area contributed by atoms with Crippen LogP contribution in [0.15, 0.2) is 42.5 Å². The Morgan fingerprint density at radius 2 is 1.86 bits per heavy atom.